The van der Waals surface area contributed by atoms with Crippen LogP contribution >= 0.6 is 23.5 Å². The number of nitro groups is 1. The third kappa shape index (κ3) is 4.85. The quantitative estimate of drug-likeness (QED) is 0.358. The summed E-state index contributed by atoms with van der Waals surface area (Å²) in [5.74, 6) is -0.304. The Hall–Kier alpha value is -2.51. The van der Waals surface area contributed by atoms with Gasteiger partial charge in [-0.3, -0.25) is 14.9 Å². The van der Waals surface area contributed by atoms with Crippen LogP contribution in [-0.2, 0) is 9.53 Å². The maximum Gasteiger partial charge on any atom is 0.316 e. The number of rotatable bonds is 8. The minimum absolute atomic E-state index is 0.0637. The van der Waals surface area contributed by atoms with Gasteiger partial charge < -0.3 is 9.64 Å². The summed E-state index contributed by atoms with van der Waals surface area (Å²) in [5, 5.41) is 21.6. The standard InChI is InChI=1S/C18H20N4O4S2/c1-4-21-17(28-11-15(23)26-5-2)14(10-19)16(20-18(21)27-3)12-7-6-8-13(9-12)22(24)25/h6-9,18H,4-5,11H2,1-3H3. The maximum absolute atomic E-state index is 11.8. The molecule has 0 aliphatic carbocycles. The molecule has 0 saturated carbocycles. The number of hydrogen-bond acceptors (Lipinski definition) is 9. The molecule has 0 amide bonds. The highest BCUT2D eigenvalue weighted by Crippen LogP contribution is 2.36. The van der Waals surface area contributed by atoms with Gasteiger partial charge in [-0.05, 0) is 20.1 Å². The van der Waals surface area contributed by atoms with E-state index in [1.165, 1.54) is 35.7 Å². The van der Waals surface area contributed by atoms with Crippen LogP contribution < -0.4 is 0 Å². The molecule has 0 spiro atoms. The molecule has 148 valence electrons. The summed E-state index contributed by atoms with van der Waals surface area (Å²) in [7, 11) is 0. The number of carbonyl (C=O) groups is 1. The number of esters is 1. The van der Waals surface area contributed by atoms with E-state index in [4.69, 9.17) is 4.74 Å². The topological polar surface area (TPSA) is 109 Å². The van der Waals surface area contributed by atoms with Crippen LogP contribution in [0, 0.1) is 21.4 Å². The molecule has 1 aliphatic rings. The van der Waals surface area contributed by atoms with Crippen LogP contribution in [0.15, 0.2) is 39.9 Å². The molecule has 0 aromatic heterocycles. The summed E-state index contributed by atoms with van der Waals surface area (Å²) < 4.78 is 4.98. The van der Waals surface area contributed by atoms with Crippen LogP contribution in [-0.4, -0.2) is 52.2 Å². The van der Waals surface area contributed by atoms with Crippen LogP contribution in [0.25, 0.3) is 0 Å². The average molecular weight is 421 g/mol. The van der Waals surface area contributed by atoms with Crippen molar-refractivity contribution in [2.75, 3.05) is 25.2 Å². The van der Waals surface area contributed by atoms with E-state index < -0.39 is 4.92 Å². The van der Waals surface area contributed by atoms with Crippen molar-refractivity contribution in [2.24, 2.45) is 4.99 Å². The molecular weight excluding hydrogens is 400 g/mol. The number of thioether (sulfide) groups is 2. The fraction of sp³-hybridized carbons (Fsp3) is 0.389. The second kappa shape index (κ2) is 10.1. The van der Waals surface area contributed by atoms with Gasteiger partial charge in [-0.1, -0.05) is 23.9 Å². The minimum atomic E-state index is -0.483. The van der Waals surface area contributed by atoms with E-state index in [1.54, 1.807) is 19.1 Å². The number of hydrogen-bond donors (Lipinski definition) is 0. The molecule has 2 rings (SSSR count). The van der Waals surface area contributed by atoms with E-state index in [-0.39, 0.29) is 29.5 Å². The number of nitro benzene ring substituents is 1. The first-order valence-electron chi connectivity index (χ1n) is 8.52. The lowest BCUT2D eigenvalue weighted by molar-refractivity contribution is -0.384. The predicted molar refractivity (Wildman–Crippen MR) is 111 cm³/mol. The molecule has 0 saturated heterocycles. The lowest BCUT2D eigenvalue weighted by atomic mass is 10.0. The lowest BCUT2D eigenvalue weighted by Crippen LogP contribution is -2.36. The van der Waals surface area contributed by atoms with Crippen LogP contribution in [0.3, 0.4) is 0 Å². The molecule has 1 heterocycles. The molecule has 0 bridgehead atoms. The van der Waals surface area contributed by atoms with Gasteiger partial charge in [0, 0.05) is 24.2 Å². The van der Waals surface area contributed by atoms with Crippen LogP contribution in [0.2, 0.25) is 0 Å². The summed E-state index contributed by atoms with van der Waals surface area (Å²) in [6.45, 7) is 4.55. The Morgan fingerprint density at radius 2 is 2.21 bits per heavy atom. The number of nitrogens with zero attached hydrogens (tertiary/aromatic N) is 4. The molecule has 28 heavy (non-hydrogen) atoms. The second-order valence-corrected chi connectivity index (χ2v) is 7.38. The number of non-ortho nitro benzene ring substituents is 1. The molecule has 0 radical (unpaired) electrons. The van der Waals surface area contributed by atoms with Gasteiger partial charge in [0.1, 0.15) is 11.6 Å². The molecule has 0 fully saturated rings. The fourth-order valence-corrected chi connectivity index (χ4v) is 4.45. The largest absolute Gasteiger partial charge is 0.465 e. The molecular formula is C18H20N4O4S2. The Morgan fingerprint density at radius 3 is 2.79 bits per heavy atom. The van der Waals surface area contributed by atoms with Crippen molar-refractivity contribution in [2.45, 2.75) is 19.3 Å². The third-order valence-corrected chi connectivity index (χ3v) is 5.72. The van der Waals surface area contributed by atoms with Gasteiger partial charge in [-0.25, -0.2) is 4.99 Å². The van der Waals surface area contributed by atoms with Gasteiger partial charge in [-0.2, -0.15) is 5.26 Å². The molecule has 1 unspecified atom stereocenters. The highest BCUT2D eigenvalue weighted by atomic mass is 32.2. The summed E-state index contributed by atoms with van der Waals surface area (Å²) in [6.07, 6.45) is 1.90. The number of carbonyl (C=O) groups excluding carboxylic acids is 1. The van der Waals surface area contributed by atoms with Crippen molar-refractivity contribution in [3.05, 3.63) is 50.5 Å². The Labute approximate surface area is 171 Å². The van der Waals surface area contributed by atoms with Gasteiger partial charge in [0.05, 0.1) is 28.0 Å². The normalized spacial score (nSPS) is 16.4. The van der Waals surface area contributed by atoms with E-state index in [2.05, 4.69) is 11.1 Å². The monoisotopic (exact) mass is 420 g/mol. The first kappa shape index (κ1) is 21.8. The number of allylic oxidation sites excluding steroid dienone is 1. The molecule has 1 aromatic rings. The highest BCUT2D eigenvalue weighted by Gasteiger charge is 2.31. The first-order chi connectivity index (χ1) is 13.5. The van der Waals surface area contributed by atoms with Gasteiger partial charge in [-0.15, -0.1) is 11.8 Å². The van der Waals surface area contributed by atoms with Gasteiger partial charge >= 0.3 is 5.97 Å². The SMILES string of the molecule is CCOC(=O)CSC1=C(C#N)C(c2cccc([N+](=O)[O-])c2)=NC(SC)N1CC. The predicted octanol–water partition coefficient (Wildman–Crippen LogP) is 3.40. The van der Waals surface area contributed by atoms with E-state index in [9.17, 15) is 20.2 Å². The number of ether oxygens (including phenoxy) is 1. The first-order valence-corrected chi connectivity index (χ1v) is 10.8. The molecule has 10 heteroatoms. The summed E-state index contributed by atoms with van der Waals surface area (Å²) >= 11 is 2.70. The smallest absolute Gasteiger partial charge is 0.316 e. The Bertz CT molecular complexity index is 863. The van der Waals surface area contributed by atoms with Crippen molar-refractivity contribution in [3.8, 4) is 6.07 Å². The Kier molecular flexibility index (Phi) is 7.90. The summed E-state index contributed by atoms with van der Waals surface area (Å²) in [5.41, 5.74) is 0.802. The van der Waals surface area contributed by atoms with Gasteiger partial charge in [0.2, 0.25) is 0 Å². The third-order valence-electron chi connectivity index (χ3n) is 3.84. The Balaban J connectivity index is 2.52. The molecule has 1 aliphatic heterocycles. The van der Waals surface area contributed by atoms with Crippen molar-refractivity contribution in [1.82, 2.24) is 4.90 Å². The van der Waals surface area contributed by atoms with Gasteiger partial charge in [0.25, 0.3) is 5.69 Å². The van der Waals surface area contributed by atoms with Gasteiger partial charge in [0.15, 0.2) is 5.50 Å². The number of nitriles is 1. The van der Waals surface area contributed by atoms with E-state index >= 15 is 0 Å². The summed E-state index contributed by atoms with van der Waals surface area (Å²) in [6, 6.07) is 8.23. The number of benzene rings is 1. The van der Waals surface area contributed by atoms with Crippen molar-refractivity contribution < 1.29 is 14.5 Å². The maximum atomic E-state index is 11.8. The van der Waals surface area contributed by atoms with Crippen LogP contribution in [0.1, 0.15) is 19.4 Å². The van der Waals surface area contributed by atoms with E-state index in [0.717, 1.165) is 0 Å². The van der Waals surface area contributed by atoms with Crippen molar-refractivity contribution in [1.29, 1.82) is 5.26 Å². The van der Waals surface area contributed by atoms with Crippen LogP contribution in [0.5, 0.6) is 0 Å². The molecule has 0 N–H and O–H groups in total. The van der Waals surface area contributed by atoms with Crippen molar-refractivity contribution in [3.63, 3.8) is 0 Å². The van der Waals surface area contributed by atoms with E-state index in [1.807, 2.05) is 18.1 Å². The molecule has 1 aromatic carbocycles. The lowest BCUT2D eigenvalue weighted by Gasteiger charge is -2.35. The Morgan fingerprint density at radius 1 is 1.46 bits per heavy atom. The number of aliphatic imine (C=N–C) groups is 1. The molecule has 8 nitrogen and oxygen atoms in total. The van der Waals surface area contributed by atoms with Crippen molar-refractivity contribution >= 4 is 40.9 Å². The zero-order valence-corrected chi connectivity index (χ0v) is 17.4. The zero-order chi connectivity index (χ0) is 20.7. The van der Waals surface area contributed by atoms with E-state index in [0.29, 0.717) is 28.4 Å². The highest BCUT2D eigenvalue weighted by molar-refractivity contribution is 8.03. The minimum Gasteiger partial charge on any atom is -0.465 e. The molecule has 1 atom stereocenters. The zero-order valence-electron chi connectivity index (χ0n) is 15.7. The fourth-order valence-electron chi connectivity index (χ4n) is 2.64. The second-order valence-electron chi connectivity index (χ2n) is 5.52. The summed E-state index contributed by atoms with van der Waals surface area (Å²) in [4.78, 5) is 29.1. The van der Waals surface area contributed by atoms with Crippen LogP contribution in [0.4, 0.5) is 5.69 Å². The average Bonchev–Trinajstić information content (AvgIpc) is 2.71.